The van der Waals surface area contributed by atoms with Gasteiger partial charge in [0.25, 0.3) is 5.91 Å². The van der Waals surface area contributed by atoms with Crippen molar-refractivity contribution in [1.29, 1.82) is 0 Å². The average Bonchev–Trinajstić information content (AvgIpc) is 2.86. The second kappa shape index (κ2) is 6.91. The number of nitrogens with zero attached hydrogens (tertiary/aromatic N) is 2. The lowest BCUT2D eigenvalue weighted by molar-refractivity contribution is 0.0762. The van der Waals surface area contributed by atoms with Gasteiger partial charge in [-0.05, 0) is 43.6 Å². The van der Waals surface area contributed by atoms with Crippen molar-refractivity contribution in [3.63, 3.8) is 0 Å². The van der Waals surface area contributed by atoms with E-state index in [-0.39, 0.29) is 18.0 Å². The summed E-state index contributed by atoms with van der Waals surface area (Å²) in [7, 11) is -3.19. The van der Waals surface area contributed by atoms with Gasteiger partial charge in [-0.25, -0.2) is 8.42 Å². The second-order valence-corrected chi connectivity index (χ2v) is 9.37. The number of rotatable bonds is 4. The van der Waals surface area contributed by atoms with Crippen LogP contribution < -0.4 is 0 Å². The zero-order valence-electron chi connectivity index (χ0n) is 13.5. The van der Waals surface area contributed by atoms with Crippen LogP contribution in [0, 0.1) is 0 Å². The fraction of sp³-hybridized carbons (Fsp3) is 0.688. The molecule has 0 aromatic carbocycles. The van der Waals surface area contributed by atoms with Crippen LogP contribution in [0.5, 0.6) is 0 Å². The maximum absolute atomic E-state index is 12.5. The Balaban J connectivity index is 1.69. The SMILES string of the molecule is CS(=O)(=O)N(C1CCC1)[C@@H]1CCCN(C(=O)c2cccs2)CC1. The summed E-state index contributed by atoms with van der Waals surface area (Å²) in [6, 6.07) is 3.96. The van der Waals surface area contributed by atoms with Crippen molar-refractivity contribution in [2.45, 2.75) is 50.6 Å². The number of carbonyl (C=O) groups is 1. The molecular weight excluding hydrogens is 332 g/mol. The molecule has 1 aliphatic heterocycles. The zero-order chi connectivity index (χ0) is 16.4. The fourth-order valence-corrected chi connectivity index (χ4v) is 5.77. The molecule has 5 nitrogen and oxygen atoms in total. The third-order valence-electron chi connectivity index (χ3n) is 4.89. The Bertz CT molecular complexity index is 638. The lowest BCUT2D eigenvalue weighted by Crippen LogP contribution is -2.49. The number of hydrogen-bond donors (Lipinski definition) is 0. The van der Waals surface area contributed by atoms with Crippen LogP contribution in [0.1, 0.15) is 48.2 Å². The lowest BCUT2D eigenvalue weighted by atomic mass is 9.91. The van der Waals surface area contributed by atoms with Gasteiger partial charge in [0.2, 0.25) is 10.0 Å². The molecule has 2 aliphatic rings. The molecule has 0 spiro atoms. The minimum Gasteiger partial charge on any atom is -0.338 e. The van der Waals surface area contributed by atoms with Gasteiger partial charge < -0.3 is 4.90 Å². The predicted molar refractivity (Wildman–Crippen MR) is 92.2 cm³/mol. The van der Waals surface area contributed by atoms with E-state index in [1.165, 1.54) is 17.6 Å². The van der Waals surface area contributed by atoms with E-state index < -0.39 is 10.0 Å². The van der Waals surface area contributed by atoms with Crippen molar-refractivity contribution < 1.29 is 13.2 Å². The summed E-state index contributed by atoms with van der Waals surface area (Å²) in [4.78, 5) is 15.1. The molecule has 1 saturated carbocycles. The van der Waals surface area contributed by atoms with Crippen molar-refractivity contribution in [3.05, 3.63) is 22.4 Å². The Labute approximate surface area is 142 Å². The Hall–Kier alpha value is -0.920. The number of thiophene rings is 1. The topological polar surface area (TPSA) is 57.7 Å². The van der Waals surface area contributed by atoms with Crippen molar-refractivity contribution in [2.24, 2.45) is 0 Å². The Kier molecular flexibility index (Phi) is 5.08. The zero-order valence-corrected chi connectivity index (χ0v) is 15.1. The van der Waals surface area contributed by atoms with E-state index in [1.54, 1.807) is 4.31 Å². The summed E-state index contributed by atoms with van der Waals surface area (Å²) in [5, 5.41) is 1.91. The first-order valence-corrected chi connectivity index (χ1v) is 11.0. The number of amides is 1. The fourth-order valence-electron chi connectivity index (χ4n) is 3.57. The molecule has 1 saturated heterocycles. The molecule has 2 heterocycles. The van der Waals surface area contributed by atoms with Gasteiger partial charge in [0.15, 0.2) is 0 Å². The maximum Gasteiger partial charge on any atom is 0.263 e. The van der Waals surface area contributed by atoms with Crippen LogP contribution in [0.25, 0.3) is 0 Å². The van der Waals surface area contributed by atoms with Gasteiger partial charge in [-0.15, -0.1) is 11.3 Å². The molecule has 1 amide bonds. The van der Waals surface area contributed by atoms with Crippen molar-refractivity contribution >= 4 is 27.3 Å². The van der Waals surface area contributed by atoms with Gasteiger partial charge in [-0.1, -0.05) is 12.5 Å². The standard InChI is InChI=1S/C16H24N2O3S2/c1-23(20,21)18(13-5-2-6-13)14-7-3-10-17(11-9-14)16(19)15-8-4-12-22-15/h4,8,12-14H,2-3,5-7,9-11H2,1H3/t14-/m1/s1. The van der Waals surface area contributed by atoms with Gasteiger partial charge in [0, 0.05) is 25.2 Å². The maximum atomic E-state index is 12.5. The average molecular weight is 357 g/mol. The molecule has 23 heavy (non-hydrogen) atoms. The van der Waals surface area contributed by atoms with E-state index in [0.29, 0.717) is 6.54 Å². The number of sulfonamides is 1. The number of carbonyl (C=O) groups excluding carboxylic acids is 1. The van der Waals surface area contributed by atoms with Crippen molar-refractivity contribution in [2.75, 3.05) is 19.3 Å². The van der Waals surface area contributed by atoms with Crippen LogP contribution in [0.4, 0.5) is 0 Å². The number of hydrogen-bond acceptors (Lipinski definition) is 4. The quantitative estimate of drug-likeness (QED) is 0.833. The highest BCUT2D eigenvalue weighted by Crippen LogP contribution is 2.32. The monoisotopic (exact) mass is 356 g/mol. The highest BCUT2D eigenvalue weighted by molar-refractivity contribution is 7.88. The Morgan fingerprint density at radius 2 is 1.87 bits per heavy atom. The van der Waals surface area contributed by atoms with E-state index in [2.05, 4.69) is 0 Å². The lowest BCUT2D eigenvalue weighted by Gasteiger charge is -2.40. The van der Waals surface area contributed by atoms with Crippen LogP contribution in [0.15, 0.2) is 17.5 Å². The molecule has 1 atom stereocenters. The normalized spacial score (nSPS) is 23.6. The summed E-state index contributed by atoms with van der Waals surface area (Å²) in [5.74, 6) is 0.0789. The first-order chi connectivity index (χ1) is 11.0. The smallest absolute Gasteiger partial charge is 0.263 e. The molecule has 2 fully saturated rings. The summed E-state index contributed by atoms with van der Waals surface area (Å²) < 4.78 is 26.2. The summed E-state index contributed by atoms with van der Waals surface area (Å²) in [6.45, 7) is 1.36. The van der Waals surface area contributed by atoms with E-state index in [9.17, 15) is 13.2 Å². The molecule has 7 heteroatoms. The molecule has 1 aromatic heterocycles. The molecule has 0 unspecified atom stereocenters. The minimum absolute atomic E-state index is 0.0384. The largest absolute Gasteiger partial charge is 0.338 e. The van der Waals surface area contributed by atoms with Gasteiger partial charge in [-0.3, -0.25) is 4.79 Å². The predicted octanol–water partition coefficient (Wildman–Crippen LogP) is 2.56. The summed E-state index contributed by atoms with van der Waals surface area (Å²) in [6.07, 6.45) is 6.83. The van der Waals surface area contributed by atoms with Crippen LogP contribution in [-0.2, 0) is 10.0 Å². The molecule has 128 valence electrons. The Morgan fingerprint density at radius 1 is 1.17 bits per heavy atom. The van der Waals surface area contributed by atoms with Crippen LogP contribution in [0.2, 0.25) is 0 Å². The molecule has 0 N–H and O–H groups in total. The third-order valence-corrected chi connectivity index (χ3v) is 7.11. The van der Waals surface area contributed by atoms with E-state index in [0.717, 1.165) is 49.9 Å². The van der Waals surface area contributed by atoms with Gasteiger partial charge in [0.1, 0.15) is 0 Å². The number of likely N-dealkylation sites (tertiary alicyclic amines) is 1. The van der Waals surface area contributed by atoms with Crippen molar-refractivity contribution in [3.8, 4) is 0 Å². The van der Waals surface area contributed by atoms with E-state index >= 15 is 0 Å². The first kappa shape index (κ1) is 16.9. The highest BCUT2D eigenvalue weighted by atomic mass is 32.2. The molecular formula is C16H24N2O3S2. The minimum atomic E-state index is -3.19. The van der Waals surface area contributed by atoms with Crippen LogP contribution >= 0.6 is 11.3 Å². The summed E-state index contributed by atoms with van der Waals surface area (Å²) >= 11 is 1.46. The highest BCUT2D eigenvalue weighted by Gasteiger charge is 2.37. The van der Waals surface area contributed by atoms with Crippen LogP contribution in [-0.4, -0.2) is 55.0 Å². The Morgan fingerprint density at radius 3 is 2.43 bits per heavy atom. The molecule has 0 radical (unpaired) electrons. The van der Waals surface area contributed by atoms with Gasteiger partial charge in [-0.2, -0.15) is 4.31 Å². The van der Waals surface area contributed by atoms with E-state index in [1.807, 2.05) is 22.4 Å². The third kappa shape index (κ3) is 3.78. The van der Waals surface area contributed by atoms with Gasteiger partial charge in [0.05, 0.1) is 11.1 Å². The first-order valence-electron chi connectivity index (χ1n) is 8.28. The molecule has 3 rings (SSSR count). The molecule has 1 aromatic rings. The second-order valence-electron chi connectivity index (χ2n) is 6.53. The summed E-state index contributed by atoms with van der Waals surface area (Å²) in [5.41, 5.74) is 0. The van der Waals surface area contributed by atoms with Crippen molar-refractivity contribution in [1.82, 2.24) is 9.21 Å². The van der Waals surface area contributed by atoms with Crippen LogP contribution in [0.3, 0.4) is 0 Å². The molecule has 1 aliphatic carbocycles. The van der Waals surface area contributed by atoms with E-state index in [4.69, 9.17) is 0 Å². The molecule has 0 bridgehead atoms. The van der Waals surface area contributed by atoms with Gasteiger partial charge >= 0.3 is 0 Å².